The van der Waals surface area contributed by atoms with E-state index in [0.29, 0.717) is 11.6 Å². The average Bonchev–Trinajstić information content (AvgIpc) is 2.67. The van der Waals surface area contributed by atoms with Crippen molar-refractivity contribution in [1.82, 2.24) is 19.6 Å². The Labute approximate surface area is 119 Å². The first-order valence-corrected chi connectivity index (χ1v) is 7.20. The lowest BCUT2D eigenvalue weighted by Gasteiger charge is -2.31. The van der Waals surface area contributed by atoms with Gasteiger partial charge in [-0.2, -0.15) is 5.10 Å². The molecule has 2 unspecified atom stereocenters. The molecular formula is C13H23ClN4O. The molecule has 0 aliphatic carbocycles. The van der Waals surface area contributed by atoms with E-state index in [1.54, 1.807) is 10.9 Å². The van der Waals surface area contributed by atoms with E-state index in [1.807, 2.05) is 6.92 Å². The van der Waals surface area contributed by atoms with Crippen LogP contribution in [0.3, 0.4) is 0 Å². The van der Waals surface area contributed by atoms with Crippen molar-refractivity contribution in [3.05, 3.63) is 16.9 Å². The molecule has 1 aromatic rings. The van der Waals surface area contributed by atoms with E-state index < -0.39 is 6.10 Å². The second-order valence-electron chi connectivity index (χ2n) is 5.30. The van der Waals surface area contributed by atoms with Crippen LogP contribution < -0.4 is 0 Å². The number of aliphatic hydroxyl groups excluding tert-OH is 1. The number of nitrogens with zero attached hydrogens (tertiary/aromatic N) is 4. The van der Waals surface area contributed by atoms with E-state index in [4.69, 9.17) is 11.6 Å². The van der Waals surface area contributed by atoms with Crippen LogP contribution in [-0.2, 0) is 6.54 Å². The Morgan fingerprint density at radius 3 is 2.89 bits per heavy atom. The predicted octanol–water partition coefficient (Wildman–Crippen LogP) is 1.23. The molecule has 1 aliphatic heterocycles. The summed E-state index contributed by atoms with van der Waals surface area (Å²) in [5.41, 5.74) is 0.733. The monoisotopic (exact) mass is 286 g/mol. The first kappa shape index (κ1) is 14.8. The van der Waals surface area contributed by atoms with Crippen molar-refractivity contribution >= 4 is 11.6 Å². The number of hydrogen-bond donors (Lipinski definition) is 1. The van der Waals surface area contributed by atoms with Gasteiger partial charge in [0, 0.05) is 13.1 Å². The fraction of sp³-hybridized carbons (Fsp3) is 0.769. The fourth-order valence-corrected chi connectivity index (χ4v) is 3.00. The zero-order valence-electron chi connectivity index (χ0n) is 11.9. The second-order valence-corrected chi connectivity index (χ2v) is 5.71. The van der Waals surface area contributed by atoms with Gasteiger partial charge in [0.25, 0.3) is 0 Å². The van der Waals surface area contributed by atoms with Gasteiger partial charge >= 0.3 is 0 Å². The average molecular weight is 287 g/mol. The minimum atomic E-state index is -0.611. The maximum atomic E-state index is 10.7. The molecule has 108 valence electrons. The van der Waals surface area contributed by atoms with E-state index >= 15 is 0 Å². The molecule has 1 saturated heterocycles. The summed E-state index contributed by atoms with van der Waals surface area (Å²) >= 11 is 6.19. The number of aryl methyl sites for hydroxylation is 1. The van der Waals surface area contributed by atoms with E-state index in [1.165, 1.54) is 0 Å². The number of rotatable bonds is 3. The van der Waals surface area contributed by atoms with Crippen molar-refractivity contribution in [1.29, 1.82) is 0 Å². The molecule has 1 aromatic heterocycles. The Morgan fingerprint density at radius 2 is 2.21 bits per heavy atom. The standard InChI is InChI=1S/C13H23ClN4O/c1-4-18-12(10(14)8-15-18)13(19)11-9-16(2)6-5-7-17(11)3/h8,11,13,19H,4-7,9H2,1-3H3. The highest BCUT2D eigenvalue weighted by atomic mass is 35.5. The van der Waals surface area contributed by atoms with Crippen LogP contribution in [0.5, 0.6) is 0 Å². The van der Waals surface area contributed by atoms with E-state index in [0.717, 1.165) is 31.7 Å². The zero-order valence-corrected chi connectivity index (χ0v) is 12.6. The molecule has 2 heterocycles. The van der Waals surface area contributed by atoms with E-state index in [2.05, 4.69) is 29.0 Å². The van der Waals surface area contributed by atoms with Crippen LogP contribution >= 0.6 is 11.6 Å². The van der Waals surface area contributed by atoms with E-state index in [9.17, 15) is 5.11 Å². The number of halogens is 1. The number of aliphatic hydroxyl groups is 1. The largest absolute Gasteiger partial charge is 0.385 e. The van der Waals surface area contributed by atoms with Gasteiger partial charge in [0.2, 0.25) is 0 Å². The van der Waals surface area contributed by atoms with Crippen molar-refractivity contribution in [2.24, 2.45) is 0 Å². The van der Waals surface area contributed by atoms with Gasteiger partial charge in [-0.05, 0) is 40.5 Å². The summed E-state index contributed by atoms with van der Waals surface area (Å²) in [5, 5.41) is 15.5. The summed E-state index contributed by atoms with van der Waals surface area (Å²) in [5.74, 6) is 0. The molecule has 0 spiro atoms. The SMILES string of the molecule is CCn1ncc(Cl)c1C(O)C1CN(C)CCCN1C. The highest BCUT2D eigenvalue weighted by molar-refractivity contribution is 6.31. The molecule has 0 saturated carbocycles. The third kappa shape index (κ3) is 3.11. The molecular weight excluding hydrogens is 264 g/mol. The molecule has 1 N–H and O–H groups in total. The first-order chi connectivity index (χ1) is 9.04. The van der Waals surface area contributed by atoms with Gasteiger partial charge in [-0.15, -0.1) is 0 Å². The van der Waals surface area contributed by atoms with Crippen LogP contribution in [0.4, 0.5) is 0 Å². The Morgan fingerprint density at radius 1 is 1.47 bits per heavy atom. The van der Waals surface area contributed by atoms with Crippen molar-refractivity contribution in [2.75, 3.05) is 33.7 Å². The highest BCUT2D eigenvalue weighted by Crippen LogP contribution is 2.28. The van der Waals surface area contributed by atoms with Crippen LogP contribution in [0.25, 0.3) is 0 Å². The van der Waals surface area contributed by atoms with Gasteiger partial charge in [0.05, 0.1) is 23.0 Å². The molecule has 2 atom stereocenters. The number of aromatic nitrogens is 2. The molecule has 0 radical (unpaired) electrons. The maximum Gasteiger partial charge on any atom is 0.114 e. The summed E-state index contributed by atoms with van der Waals surface area (Å²) in [4.78, 5) is 4.48. The third-order valence-corrected chi connectivity index (χ3v) is 4.18. The fourth-order valence-electron chi connectivity index (χ4n) is 2.75. The van der Waals surface area contributed by atoms with Crippen LogP contribution in [-0.4, -0.2) is 64.5 Å². The quantitative estimate of drug-likeness (QED) is 0.908. The molecule has 0 bridgehead atoms. The molecule has 1 fully saturated rings. The Kier molecular flexibility index (Phi) is 4.84. The normalized spacial score (nSPS) is 24.4. The lowest BCUT2D eigenvalue weighted by atomic mass is 10.1. The Hall–Kier alpha value is -0.620. The third-order valence-electron chi connectivity index (χ3n) is 3.89. The van der Waals surface area contributed by atoms with Gasteiger partial charge in [0.1, 0.15) is 6.10 Å². The van der Waals surface area contributed by atoms with Crippen molar-refractivity contribution in [3.63, 3.8) is 0 Å². The second kappa shape index (κ2) is 6.22. The molecule has 0 amide bonds. The highest BCUT2D eigenvalue weighted by Gasteiger charge is 2.31. The van der Waals surface area contributed by atoms with Crippen LogP contribution in [0.15, 0.2) is 6.20 Å². The van der Waals surface area contributed by atoms with Crippen LogP contribution in [0.2, 0.25) is 5.02 Å². The van der Waals surface area contributed by atoms with Gasteiger partial charge in [-0.25, -0.2) is 0 Å². The van der Waals surface area contributed by atoms with Crippen molar-refractivity contribution in [3.8, 4) is 0 Å². The Balaban J connectivity index is 2.25. The maximum absolute atomic E-state index is 10.7. The lowest BCUT2D eigenvalue weighted by molar-refractivity contribution is 0.0511. The summed E-state index contributed by atoms with van der Waals surface area (Å²) in [7, 11) is 4.16. The summed E-state index contributed by atoms with van der Waals surface area (Å²) < 4.78 is 1.78. The number of likely N-dealkylation sites (N-methyl/N-ethyl adjacent to an activating group) is 2. The minimum absolute atomic E-state index is 0.0481. The number of hydrogen-bond acceptors (Lipinski definition) is 4. The van der Waals surface area contributed by atoms with Gasteiger partial charge in [0.15, 0.2) is 0 Å². The topological polar surface area (TPSA) is 44.5 Å². The molecule has 5 nitrogen and oxygen atoms in total. The molecule has 0 aromatic carbocycles. The van der Waals surface area contributed by atoms with Crippen LogP contribution in [0.1, 0.15) is 25.1 Å². The van der Waals surface area contributed by atoms with Crippen molar-refractivity contribution in [2.45, 2.75) is 32.0 Å². The molecule has 1 aliphatic rings. The predicted molar refractivity (Wildman–Crippen MR) is 76.4 cm³/mol. The smallest absolute Gasteiger partial charge is 0.114 e. The zero-order chi connectivity index (χ0) is 14.0. The summed E-state index contributed by atoms with van der Waals surface area (Å²) in [6.07, 6.45) is 2.13. The first-order valence-electron chi connectivity index (χ1n) is 6.82. The van der Waals surface area contributed by atoms with Gasteiger partial charge in [-0.3, -0.25) is 9.58 Å². The van der Waals surface area contributed by atoms with E-state index in [-0.39, 0.29) is 6.04 Å². The summed E-state index contributed by atoms with van der Waals surface area (Å²) in [6.45, 7) is 5.61. The summed E-state index contributed by atoms with van der Waals surface area (Å²) in [6, 6.07) is 0.0481. The van der Waals surface area contributed by atoms with Gasteiger partial charge < -0.3 is 10.0 Å². The Bertz CT molecular complexity index is 423. The van der Waals surface area contributed by atoms with Crippen LogP contribution in [0, 0.1) is 0 Å². The molecule has 19 heavy (non-hydrogen) atoms. The molecule has 6 heteroatoms. The minimum Gasteiger partial charge on any atom is -0.385 e. The van der Waals surface area contributed by atoms with Gasteiger partial charge in [-0.1, -0.05) is 11.6 Å². The lowest BCUT2D eigenvalue weighted by Crippen LogP contribution is -2.42. The molecule has 2 rings (SSSR count). The van der Waals surface area contributed by atoms with Crippen molar-refractivity contribution < 1.29 is 5.11 Å².